The van der Waals surface area contributed by atoms with E-state index in [1.807, 2.05) is 13.0 Å². The molecule has 4 rings (SSSR count). The average Bonchev–Trinajstić information content (AvgIpc) is 2.82. The second-order valence-electron chi connectivity index (χ2n) is 9.31. The Hall–Kier alpha value is -1.34. The first kappa shape index (κ1) is 19.0. The van der Waals surface area contributed by atoms with Crippen molar-refractivity contribution in [2.24, 2.45) is 28.6 Å². The average molecular weight is 376 g/mol. The molecule has 4 N–H and O–H groups in total. The molecule has 6 heteroatoms. The summed E-state index contributed by atoms with van der Waals surface area (Å²) in [5.74, 6) is -1.09. The predicted octanol–water partition coefficient (Wildman–Crippen LogP) is 0.528. The third-order valence-corrected chi connectivity index (χ3v) is 8.28. The number of aliphatic hydroxyl groups is 4. The van der Waals surface area contributed by atoms with Crippen LogP contribution in [0.25, 0.3) is 0 Å². The normalized spacial score (nSPS) is 51.3. The van der Waals surface area contributed by atoms with E-state index in [-0.39, 0.29) is 36.4 Å². The van der Waals surface area contributed by atoms with E-state index in [9.17, 15) is 30.0 Å². The van der Waals surface area contributed by atoms with Crippen LogP contribution < -0.4 is 0 Å². The number of Topliss-reactive ketones (excluding diaryl/α,β-unsaturated/α-hetero) is 1. The summed E-state index contributed by atoms with van der Waals surface area (Å²) in [4.78, 5) is 24.2. The summed E-state index contributed by atoms with van der Waals surface area (Å²) >= 11 is 0. The largest absolute Gasteiger partial charge is 0.393 e. The number of fused-ring (bicyclic) bond motifs is 5. The zero-order valence-corrected chi connectivity index (χ0v) is 15.8. The first-order valence-electron chi connectivity index (χ1n) is 9.76. The third-order valence-electron chi connectivity index (χ3n) is 8.28. The van der Waals surface area contributed by atoms with Crippen LogP contribution in [0.3, 0.4) is 0 Å². The summed E-state index contributed by atoms with van der Waals surface area (Å²) in [7, 11) is 0. The minimum atomic E-state index is -2.05. The van der Waals surface area contributed by atoms with E-state index >= 15 is 0 Å². The van der Waals surface area contributed by atoms with Crippen LogP contribution in [-0.2, 0) is 9.59 Å². The van der Waals surface area contributed by atoms with Crippen molar-refractivity contribution < 1.29 is 30.0 Å². The van der Waals surface area contributed by atoms with Crippen molar-refractivity contribution in [2.45, 2.75) is 57.3 Å². The van der Waals surface area contributed by atoms with E-state index in [2.05, 4.69) is 0 Å². The van der Waals surface area contributed by atoms with Gasteiger partial charge >= 0.3 is 0 Å². The summed E-state index contributed by atoms with van der Waals surface area (Å²) in [6.07, 6.45) is 4.97. The van der Waals surface area contributed by atoms with Crippen molar-refractivity contribution in [3.8, 4) is 0 Å². The number of hydrogen-bond donors (Lipinski definition) is 4. The Balaban J connectivity index is 1.78. The number of rotatable bonds is 2. The number of allylic oxidation sites excluding steroid dienone is 4. The fraction of sp³-hybridized carbons (Fsp3) is 0.714. The van der Waals surface area contributed by atoms with Gasteiger partial charge in [-0.1, -0.05) is 25.5 Å². The van der Waals surface area contributed by atoms with E-state index in [0.717, 1.165) is 18.4 Å². The maximum atomic E-state index is 12.4. The first-order valence-corrected chi connectivity index (χ1v) is 9.76. The second-order valence-corrected chi connectivity index (χ2v) is 9.31. The van der Waals surface area contributed by atoms with Gasteiger partial charge in [-0.2, -0.15) is 0 Å². The number of aliphatic hydroxyl groups excluding tert-OH is 3. The molecule has 0 radical (unpaired) electrons. The monoisotopic (exact) mass is 376 g/mol. The van der Waals surface area contributed by atoms with Crippen LogP contribution in [0.2, 0.25) is 0 Å². The Morgan fingerprint density at radius 3 is 2.67 bits per heavy atom. The van der Waals surface area contributed by atoms with Gasteiger partial charge in [0, 0.05) is 16.7 Å². The lowest BCUT2D eigenvalue weighted by Crippen LogP contribution is -2.63. The molecule has 0 unspecified atom stereocenters. The van der Waals surface area contributed by atoms with Crippen molar-refractivity contribution in [1.29, 1.82) is 0 Å². The zero-order valence-electron chi connectivity index (χ0n) is 15.8. The van der Waals surface area contributed by atoms with E-state index in [0.29, 0.717) is 0 Å². The number of hydrogen-bond acceptors (Lipinski definition) is 6. The fourth-order valence-electron chi connectivity index (χ4n) is 6.96. The van der Waals surface area contributed by atoms with Gasteiger partial charge in [-0.3, -0.25) is 9.59 Å². The van der Waals surface area contributed by atoms with Gasteiger partial charge in [0.25, 0.3) is 0 Å². The quantitative estimate of drug-likeness (QED) is 0.559. The van der Waals surface area contributed by atoms with Crippen LogP contribution >= 0.6 is 0 Å². The van der Waals surface area contributed by atoms with Crippen molar-refractivity contribution in [1.82, 2.24) is 0 Å². The number of ketones is 2. The van der Waals surface area contributed by atoms with E-state index in [1.54, 1.807) is 19.1 Å². The van der Waals surface area contributed by atoms with E-state index < -0.39 is 41.0 Å². The zero-order chi connectivity index (χ0) is 19.8. The topological polar surface area (TPSA) is 115 Å². The summed E-state index contributed by atoms with van der Waals surface area (Å²) < 4.78 is 0. The molecule has 4 aliphatic carbocycles. The molecule has 0 aromatic heterocycles. The first-order chi connectivity index (χ1) is 12.6. The Bertz CT molecular complexity index is 756. The molecule has 3 saturated carbocycles. The summed E-state index contributed by atoms with van der Waals surface area (Å²) in [5, 5.41) is 42.3. The summed E-state index contributed by atoms with van der Waals surface area (Å²) in [6, 6.07) is 0. The second kappa shape index (κ2) is 5.83. The van der Waals surface area contributed by atoms with Gasteiger partial charge in [0.1, 0.15) is 6.61 Å². The fourth-order valence-corrected chi connectivity index (χ4v) is 6.96. The lowest BCUT2D eigenvalue weighted by molar-refractivity contribution is -0.190. The van der Waals surface area contributed by atoms with Crippen LogP contribution in [0.5, 0.6) is 0 Å². The minimum absolute atomic E-state index is 0.00826. The smallest absolute Gasteiger partial charge is 0.192 e. The molecule has 0 heterocycles. The number of carbonyl (C=O) groups is 2. The van der Waals surface area contributed by atoms with E-state index in [1.165, 1.54) is 0 Å². The Morgan fingerprint density at radius 1 is 1.30 bits per heavy atom. The van der Waals surface area contributed by atoms with Gasteiger partial charge in [-0.15, -0.1) is 0 Å². The standard InChI is InChI=1S/C21H28O6/c1-19-6-5-12(23)7-11(19)3-4-13-14-8-16(25)21(27,17(26)10-22)20(14,2)9-15(24)18(13)19/h5-7,13-16,18,22,24-25,27H,3-4,8-10H2,1-2H3/t13-,14-,15-,16+,18-,19-,20-,21-/m0/s1. The molecular formula is C21H28O6. The number of carbonyl (C=O) groups excluding carboxylic acids is 2. The maximum Gasteiger partial charge on any atom is 0.192 e. The van der Waals surface area contributed by atoms with Gasteiger partial charge in [-0.05, 0) is 49.7 Å². The highest BCUT2D eigenvalue weighted by Gasteiger charge is 2.71. The summed E-state index contributed by atoms with van der Waals surface area (Å²) in [6.45, 7) is 2.96. The van der Waals surface area contributed by atoms with Gasteiger partial charge in [-0.25, -0.2) is 0 Å². The van der Waals surface area contributed by atoms with Crippen molar-refractivity contribution in [3.63, 3.8) is 0 Å². The van der Waals surface area contributed by atoms with Crippen molar-refractivity contribution >= 4 is 11.6 Å². The highest BCUT2D eigenvalue weighted by Crippen LogP contribution is 2.67. The molecule has 6 nitrogen and oxygen atoms in total. The van der Waals surface area contributed by atoms with Crippen LogP contribution in [0, 0.1) is 28.6 Å². The van der Waals surface area contributed by atoms with Gasteiger partial charge < -0.3 is 20.4 Å². The van der Waals surface area contributed by atoms with E-state index in [4.69, 9.17) is 0 Å². The molecule has 4 aliphatic rings. The molecule has 0 aromatic carbocycles. The lowest BCUT2D eigenvalue weighted by atomic mass is 9.46. The molecular weight excluding hydrogens is 348 g/mol. The molecule has 148 valence electrons. The molecule has 0 saturated heterocycles. The highest BCUT2D eigenvalue weighted by atomic mass is 16.4. The van der Waals surface area contributed by atoms with Gasteiger partial charge in [0.2, 0.25) is 0 Å². The highest BCUT2D eigenvalue weighted by molar-refractivity contribution is 6.01. The Morgan fingerprint density at radius 2 is 2.00 bits per heavy atom. The molecule has 8 atom stereocenters. The third kappa shape index (κ3) is 2.21. The van der Waals surface area contributed by atoms with Crippen LogP contribution in [0.15, 0.2) is 23.8 Å². The van der Waals surface area contributed by atoms with Crippen molar-refractivity contribution in [3.05, 3.63) is 23.8 Å². The Labute approximate surface area is 158 Å². The van der Waals surface area contributed by atoms with Gasteiger partial charge in [0.15, 0.2) is 17.2 Å². The molecule has 0 bridgehead atoms. The lowest BCUT2D eigenvalue weighted by Gasteiger charge is -2.59. The molecule has 3 fully saturated rings. The van der Waals surface area contributed by atoms with Gasteiger partial charge in [0.05, 0.1) is 12.2 Å². The van der Waals surface area contributed by atoms with Crippen LogP contribution in [0.1, 0.15) is 39.5 Å². The van der Waals surface area contributed by atoms with Crippen LogP contribution in [0.4, 0.5) is 0 Å². The Kier molecular flexibility index (Phi) is 4.10. The molecule has 27 heavy (non-hydrogen) atoms. The maximum absolute atomic E-state index is 12.4. The molecule has 0 spiro atoms. The van der Waals surface area contributed by atoms with Crippen LogP contribution in [-0.4, -0.2) is 56.4 Å². The predicted molar refractivity (Wildman–Crippen MR) is 96.4 cm³/mol. The van der Waals surface area contributed by atoms with Crippen molar-refractivity contribution in [2.75, 3.05) is 6.61 Å². The molecule has 0 aromatic rings. The molecule has 0 aliphatic heterocycles. The molecule has 0 amide bonds. The summed E-state index contributed by atoms with van der Waals surface area (Å²) in [5.41, 5.74) is -2.46. The minimum Gasteiger partial charge on any atom is -0.393 e. The SMILES string of the molecule is C[C@]12C=CC(=O)C=C1CC[C@@H]1[C@H]2[C@@H](O)C[C@@]2(C)[C@H]1C[C@@H](O)[C@]2(O)C(=O)CO.